The number of rotatable bonds is 3. The molecule has 6 nitrogen and oxygen atoms in total. The number of aliphatic carboxylic acids is 1. The molecule has 0 aliphatic carbocycles. The van der Waals surface area contributed by atoms with Crippen molar-refractivity contribution in [2.24, 2.45) is 5.92 Å². The molecule has 0 saturated carbocycles. The first kappa shape index (κ1) is 15.5. The van der Waals surface area contributed by atoms with E-state index in [1.54, 1.807) is 6.92 Å². The second kappa shape index (κ2) is 5.84. The van der Waals surface area contributed by atoms with Crippen LogP contribution >= 0.6 is 0 Å². The zero-order chi connectivity index (χ0) is 15.6. The Hall–Kier alpha value is -1.91. The monoisotopic (exact) mass is 308 g/mol. The Bertz CT molecular complexity index is 676. The predicted molar refractivity (Wildman–Crippen MR) is 74.9 cm³/mol. The lowest BCUT2D eigenvalue weighted by Gasteiger charge is -2.35. The topological polar surface area (TPSA) is 98.5 Å². The molecule has 0 radical (unpaired) electrons. The van der Waals surface area contributed by atoms with Crippen LogP contribution in [0.1, 0.15) is 25.3 Å². The van der Waals surface area contributed by atoms with Gasteiger partial charge in [-0.15, -0.1) is 0 Å². The van der Waals surface area contributed by atoms with Crippen molar-refractivity contribution in [2.45, 2.75) is 30.7 Å². The van der Waals surface area contributed by atoms with Crippen LogP contribution in [-0.4, -0.2) is 36.4 Å². The molecule has 1 aromatic carbocycles. The Balaban J connectivity index is 2.24. The van der Waals surface area contributed by atoms with Crippen molar-refractivity contribution in [3.05, 3.63) is 29.8 Å². The molecule has 2 unspecified atom stereocenters. The minimum Gasteiger partial charge on any atom is -0.481 e. The summed E-state index contributed by atoms with van der Waals surface area (Å²) in [6.45, 7) is 1.91. The van der Waals surface area contributed by atoms with Crippen LogP contribution in [0.25, 0.3) is 0 Å². The highest BCUT2D eigenvalue weighted by atomic mass is 32.2. The number of hydrogen-bond acceptors (Lipinski definition) is 4. The van der Waals surface area contributed by atoms with Gasteiger partial charge in [0.15, 0.2) is 0 Å². The van der Waals surface area contributed by atoms with Gasteiger partial charge in [0, 0.05) is 12.6 Å². The fourth-order valence-electron chi connectivity index (χ4n) is 2.57. The van der Waals surface area contributed by atoms with Gasteiger partial charge in [-0.25, -0.2) is 8.42 Å². The minimum atomic E-state index is -3.65. The second-order valence-electron chi connectivity index (χ2n) is 5.16. The molecule has 1 aliphatic heterocycles. The van der Waals surface area contributed by atoms with Gasteiger partial charge in [0.1, 0.15) is 0 Å². The van der Waals surface area contributed by atoms with E-state index in [0.717, 1.165) is 0 Å². The van der Waals surface area contributed by atoms with Gasteiger partial charge in [0.05, 0.1) is 22.4 Å². The van der Waals surface area contributed by atoms with E-state index in [-0.39, 0.29) is 17.5 Å². The van der Waals surface area contributed by atoms with Crippen LogP contribution in [0.5, 0.6) is 0 Å². The van der Waals surface area contributed by atoms with Crippen molar-refractivity contribution < 1.29 is 18.3 Å². The molecule has 1 fully saturated rings. The van der Waals surface area contributed by atoms with Crippen molar-refractivity contribution in [3.8, 4) is 6.07 Å². The maximum atomic E-state index is 12.6. The lowest BCUT2D eigenvalue weighted by atomic mass is 9.93. The van der Waals surface area contributed by atoms with E-state index in [2.05, 4.69) is 0 Å². The van der Waals surface area contributed by atoms with E-state index in [1.807, 2.05) is 6.07 Å². The average molecular weight is 308 g/mol. The smallest absolute Gasteiger partial charge is 0.306 e. The van der Waals surface area contributed by atoms with Crippen LogP contribution in [0.2, 0.25) is 0 Å². The molecule has 7 heteroatoms. The van der Waals surface area contributed by atoms with Gasteiger partial charge in [0.2, 0.25) is 10.0 Å². The molecule has 1 aliphatic rings. The van der Waals surface area contributed by atoms with E-state index >= 15 is 0 Å². The molecule has 1 heterocycles. The number of benzene rings is 1. The molecular formula is C14H16N2O4S. The summed E-state index contributed by atoms with van der Waals surface area (Å²) >= 11 is 0. The number of hydrogen-bond donors (Lipinski definition) is 1. The van der Waals surface area contributed by atoms with Crippen molar-refractivity contribution in [3.63, 3.8) is 0 Å². The van der Waals surface area contributed by atoms with E-state index in [9.17, 15) is 13.2 Å². The number of carbonyl (C=O) groups is 1. The largest absolute Gasteiger partial charge is 0.481 e. The van der Waals surface area contributed by atoms with Gasteiger partial charge >= 0.3 is 5.97 Å². The predicted octanol–water partition coefficient (Wildman–Crippen LogP) is 1.43. The normalized spacial score (nSPS) is 23.4. The van der Waals surface area contributed by atoms with Gasteiger partial charge < -0.3 is 5.11 Å². The highest BCUT2D eigenvalue weighted by molar-refractivity contribution is 7.89. The number of nitrogens with zero attached hydrogens (tertiary/aromatic N) is 2. The summed E-state index contributed by atoms with van der Waals surface area (Å²) in [7, 11) is -3.65. The number of sulfonamides is 1. The summed E-state index contributed by atoms with van der Waals surface area (Å²) in [4.78, 5) is 11.1. The molecule has 1 aromatic rings. The molecule has 0 spiro atoms. The lowest BCUT2D eigenvalue weighted by Crippen LogP contribution is -2.45. The first-order valence-electron chi connectivity index (χ1n) is 6.61. The van der Waals surface area contributed by atoms with Crippen LogP contribution in [0.15, 0.2) is 29.2 Å². The Morgan fingerprint density at radius 1 is 1.38 bits per heavy atom. The first-order chi connectivity index (χ1) is 9.86. The standard InChI is InChI=1S/C14H16N2O4S/c1-10-8-12(14(17)18)6-7-16(10)21(19,20)13-4-2-11(9-15)3-5-13/h2-5,10,12H,6-8H2,1H3,(H,17,18). The number of piperidine rings is 1. The van der Waals surface area contributed by atoms with Crippen LogP contribution in [0.3, 0.4) is 0 Å². The molecule has 0 bridgehead atoms. The number of nitriles is 1. The van der Waals surface area contributed by atoms with Crippen LogP contribution in [-0.2, 0) is 14.8 Å². The third-order valence-electron chi connectivity index (χ3n) is 3.75. The maximum Gasteiger partial charge on any atom is 0.306 e. The third kappa shape index (κ3) is 3.06. The maximum absolute atomic E-state index is 12.6. The van der Waals surface area contributed by atoms with E-state index < -0.39 is 21.9 Å². The molecule has 1 N–H and O–H groups in total. The summed E-state index contributed by atoms with van der Waals surface area (Å²) in [6.07, 6.45) is 0.625. The molecule has 112 valence electrons. The zero-order valence-electron chi connectivity index (χ0n) is 11.6. The Labute approximate surface area is 123 Å². The summed E-state index contributed by atoms with van der Waals surface area (Å²) < 4.78 is 26.5. The zero-order valence-corrected chi connectivity index (χ0v) is 12.4. The van der Waals surface area contributed by atoms with Crippen molar-refractivity contribution in [1.82, 2.24) is 4.31 Å². The first-order valence-corrected chi connectivity index (χ1v) is 8.05. The summed E-state index contributed by atoms with van der Waals surface area (Å²) in [6, 6.07) is 7.31. The van der Waals surface area contributed by atoms with E-state index in [1.165, 1.54) is 28.6 Å². The summed E-state index contributed by atoms with van der Waals surface area (Å²) in [5.41, 5.74) is 0.395. The Kier molecular flexibility index (Phi) is 4.30. The third-order valence-corrected chi connectivity index (χ3v) is 5.78. The Morgan fingerprint density at radius 3 is 2.48 bits per heavy atom. The van der Waals surface area contributed by atoms with Gasteiger partial charge in [-0.2, -0.15) is 9.57 Å². The quantitative estimate of drug-likeness (QED) is 0.910. The van der Waals surface area contributed by atoms with Gasteiger partial charge in [0.25, 0.3) is 0 Å². The molecule has 2 atom stereocenters. The SMILES string of the molecule is CC1CC(C(=O)O)CCN1S(=O)(=O)c1ccc(C#N)cc1. The second-order valence-corrected chi connectivity index (χ2v) is 7.05. The molecule has 0 amide bonds. The van der Waals surface area contributed by atoms with Crippen LogP contribution < -0.4 is 0 Å². The fraction of sp³-hybridized carbons (Fsp3) is 0.429. The van der Waals surface area contributed by atoms with Crippen molar-refractivity contribution in [1.29, 1.82) is 5.26 Å². The number of carboxylic acid groups (broad SMARTS) is 1. The van der Waals surface area contributed by atoms with Gasteiger partial charge in [-0.05, 0) is 44.0 Å². The summed E-state index contributed by atoms with van der Waals surface area (Å²) in [5.74, 6) is -1.37. The lowest BCUT2D eigenvalue weighted by molar-refractivity contribution is -0.143. The minimum absolute atomic E-state index is 0.127. The molecule has 2 rings (SSSR count). The fourth-order valence-corrected chi connectivity index (χ4v) is 4.23. The summed E-state index contributed by atoms with van der Waals surface area (Å²) in [5, 5.41) is 17.8. The van der Waals surface area contributed by atoms with Gasteiger partial charge in [-0.1, -0.05) is 0 Å². The van der Waals surface area contributed by atoms with E-state index in [4.69, 9.17) is 10.4 Å². The average Bonchev–Trinajstić information content (AvgIpc) is 2.46. The van der Waals surface area contributed by atoms with Crippen LogP contribution in [0.4, 0.5) is 0 Å². The number of carboxylic acids is 1. The molecule has 0 aromatic heterocycles. The molecule has 21 heavy (non-hydrogen) atoms. The van der Waals surface area contributed by atoms with Crippen molar-refractivity contribution in [2.75, 3.05) is 6.54 Å². The van der Waals surface area contributed by atoms with Crippen LogP contribution in [0, 0.1) is 17.2 Å². The Morgan fingerprint density at radius 2 is 2.00 bits per heavy atom. The highest BCUT2D eigenvalue weighted by Crippen LogP contribution is 2.28. The molecular weight excluding hydrogens is 292 g/mol. The molecule has 1 saturated heterocycles. The van der Waals surface area contributed by atoms with Gasteiger partial charge in [-0.3, -0.25) is 4.79 Å². The highest BCUT2D eigenvalue weighted by Gasteiger charge is 2.36. The van der Waals surface area contributed by atoms with E-state index in [0.29, 0.717) is 18.4 Å². The van der Waals surface area contributed by atoms with Crippen molar-refractivity contribution >= 4 is 16.0 Å².